The van der Waals surface area contributed by atoms with Crippen LogP contribution in [0.1, 0.15) is 14.5 Å². The second kappa shape index (κ2) is 8.41. The summed E-state index contributed by atoms with van der Waals surface area (Å²) in [6.07, 6.45) is 1.13. The third-order valence-electron chi connectivity index (χ3n) is 5.03. The van der Waals surface area contributed by atoms with Gasteiger partial charge in [-0.25, -0.2) is 13.6 Å². The number of carbonyl (C=O) groups is 1. The number of halogens is 3. The van der Waals surface area contributed by atoms with Crippen LogP contribution < -0.4 is 10.3 Å². The summed E-state index contributed by atoms with van der Waals surface area (Å²) in [5, 5.41) is 9.30. The van der Waals surface area contributed by atoms with E-state index in [0.29, 0.717) is 5.69 Å². The van der Waals surface area contributed by atoms with Gasteiger partial charge in [0.05, 0.1) is 11.2 Å². The van der Waals surface area contributed by atoms with Crippen LogP contribution in [-0.4, -0.2) is 53.7 Å². The van der Waals surface area contributed by atoms with E-state index in [1.54, 1.807) is 4.90 Å². The molecule has 1 saturated heterocycles. The quantitative estimate of drug-likeness (QED) is 0.680. The Hall–Kier alpha value is -2.97. The molecule has 158 valence electrons. The van der Waals surface area contributed by atoms with Gasteiger partial charge in [0.25, 0.3) is 0 Å². The Morgan fingerprint density at radius 3 is 2.37 bits per heavy atom. The van der Waals surface area contributed by atoms with Gasteiger partial charge in [-0.15, -0.1) is 12.4 Å². The van der Waals surface area contributed by atoms with Crippen molar-refractivity contribution in [1.82, 2.24) is 9.47 Å². The summed E-state index contributed by atoms with van der Waals surface area (Å²) in [6.45, 7) is -1.30. The van der Waals surface area contributed by atoms with Crippen molar-refractivity contribution in [2.75, 3.05) is 38.1 Å². The summed E-state index contributed by atoms with van der Waals surface area (Å²) >= 11 is 0. The van der Waals surface area contributed by atoms with Crippen LogP contribution >= 0.6 is 12.4 Å². The Balaban J connectivity index is 0.00000306. The monoisotopic (exact) mass is 438 g/mol. The number of aromatic nitrogens is 1. The summed E-state index contributed by atoms with van der Waals surface area (Å²) in [7, 11) is 0. The lowest BCUT2D eigenvalue weighted by Crippen LogP contribution is -2.44. The molecule has 6 nitrogen and oxygen atoms in total. The highest BCUT2D eigenvalue weighted by atomic mass is 35.5. The van der Waals surface area contributed by atoms with E-state index in [1.807, 2.05) is 0 Å². The van der Waals surface area contributed by atoms with Crippen molar-refractivity contribution in [3.8, 4) is 5.69 Å². The van der Waals surface area contributed by atoms with Crippen molar-refractivity contribution >= 4 is 35.0 Å². The molecule has 2 aromatic carbocycles. The van der Waals surface area contributed by atoms with E-state index in [4.69, 9.17) is 4.11 Å². The van der Waals surface area contributed by atoms with Crippen LogP contribution in [-0.2, 0) is 0 Å². The van der Waals surface area contributed by atoms with Gasteiger partial charge in [-0.3, -0.25) is 4.79 Å². The highest BCUT2D eigenvalue weighted by molar-refractivity contribution is 5.94. The summed E-state index contributed by atoms with van der Waals surface area (Å²) in [5.41, 5.74) is -0.560. The summed E-state index contributed by atoms with van der Waals surface area (Å²) in [6, 6.07) is 7.66. The van der Waals surface area contributed by atoms with Gasteiger partial charge in [0.2, 0.25) is 5.43 Å². The molecule has 0 atom stereocenters. The molecule has 0 spiro atoms. The number of likely N-dealkylation sites (N-methyl/N-ethyl adjacent to an activating group) is 1. The van der Waals surface area contributed by atoms with Crippen LogP contribution in [0.4, 0.5) is 14.5 Å². The first kappa shape index (κ1) is 17.9. The van der Waals surface area contributed by atoms with E-state index in [1.165, 1.54) is 39.8 Å². The first-order chi connectivity index (χ1) is 15.1. The van der Waals surface area contributed by atoms with Gasteiger partial charge in [0.1, 0.15) is 17.2 Å². The van der Waals surface area contributed by atoms with E-state index in [9.17, 15) is 19.1 Å². The van der Waals surface area contributed by atoms with Crippen LogP contribution in [0.3, 0.4) is 0 Å². The summed E-state index contributed by atoms with van der Waals surface area (Å²) in [4.78, 5) is 27.3. The Labute approximate surface area is 181 Å². The first-order valence-corrected chi connectivity index (χ1v) is 8.94. The smallest absolute Gasteiger partial charge is 0.341 e. The van der Waals surface area contributed by atoms with Crippen molar-refractivity contribution in [3.05, 3.63) is 70.0 Å². The van der Waals surface area contributed by atoms with Gasteiger partial charge in [0, 0.05) is 47.6 Å². The number of fused-ring (bicyclic) bond motifs is 1. The number of carboxylic acids is 1. The van der Waals surface area contributed by atoms with Crippen LogP contribution in [0.25, 0.3) is 16.6 Å². The Kier molecular flexibility index (Phi) is 5.01. The van der Waals surface area contributed by atoms with Crippen LogP contribution in [0.15, 0.2) is 47.4 Å². The minimum Gasteiger partial charge on any atom is -0.477 e. The van der Waals surface area contributed by atoms with Crippen molar-refractivity contribution in [3.63, 3.8) is 0 Å². The molecule has 2 heterocycles. The zero-order valence-corrected chi connectivity index (χ0v) is 16.5. The maximum atomic E-state index is 15.0. The number of hydrogen-bond acceptors (Lipinski definition) is 4. The molecule has 0 amide bonds. The molecular formula is C21H20ClF2N3O3. The average Bonchev–Trinajstić information content (AvgIpc) is 2.74. The second-order valence-corrected chi connectivity index (χ2v) is 6.82. The highest BCUT2D eigenvalue weighted by Crippen LogP contribution is 2.28. The molecule has 1 aliphatic heterocycles. The lowest BCUT2D eigenvalue weighted by atomic mass is 10.1. The van der Waals surface area contributed by atoms with Gasteiger partial charge in [-0.1, -0.05) is 0 Å². The largest absolute Gasteiger partial charge is 0.477 e. The number of carboxylic acid groups (broad SMARTS) is 1. The average molecular weight is 439 g/mol. The maximum absolute atomic E-state index is 15.0. The molecule has 1 fully saturated rings. The Morgan fingerprint density at radius 1 is 1.10 bits per heavy atom. The van der Waals surface area contributed by atoms with E-state index in [-0.39, 0.29) is 55.2 Å². The second-order valence-electron chi connectivity index (χ2n) is 6.82. The molecule has 0 radical (unpaired) electrons. The minimum absolute atomic E-state index is 0. The van der Waals surface area contributed by atoms with Gasteiger partial charge in [-0.2, -0.15) is 0 Å². The van der Waals surface area contributed by atoms with Gasteiger partial charge in [0.15, 0.2) is 0 Å². The van der Waals surface area contributed by atoms with E-state index in [0.717, 1.165) is 12.3 Å². The molecule has 0 unspecified atom stereocenters. The Morgan fingerprint density at radius 2 is 1.77 bits per heavy atom. The zero-order valence-electron chi connectivity index (χ0n) is 18.6. The molecule has 1 N–H and O–H groups in total. The predicted molar refractivity (Wildman–Crippen MR) is 113 cm³/mol. The number of hydrogen-bond donors (Lipinski definition) is 1. The number of anilines is 1. The number of rotatable bonds is 3. The SMILES string of the molecule is Cl.[2H]C([2H])([2H])N1CCN(c2cc3c(cc2F)c(=O)c(C(=O)O)cn3-c2ccc(F)cc2)CC1. The third-order valence-corrected chi connectivity index (χ3v) is 5.03. The van der Waals surface area contributed by atoms with E-state index >= 15 is 4.39 Å². The van der Waals surface area contributed by atoms with Crippen LogP contribution in [0.2, 0.25) is 0 Å². The molecule has 30 heavy (non-hydrogen) atoms. The summed E-state index contributed by atoms with van der Waals surface area (Å²) in [5.74, 6) is -2.67. The van der Waals surface area contributed by atoms with Gasteiger partial charge < -0.3 is 19.5 Å². The number of nitrogens with zero attached hydrogens (tertiary/aromatic N) is 3. The van der Waals surface area contributed by atoms with Crippen LogP contribution in [0, 0.1) is 11.6 Å². The molecule has 1 aromatic heterocycles. The van der Waals surface area contributed by atoms with Crippen LogP contribution in [0.5, 0.6) is 0 Å². The first-order valence-electron chi connectivity index (χ1n) is 10.4. The van der Waals surface area contributed by atoms with Gasteiger partial charge in [-0.05, 0) is 43.4 Å². The lowest BCUT2D eigenvalue weighted by molar-refractivity contribution is 0.0695. The van der Waals surface area contributed by atoms with Gasteiger partial charge >= 0.3 is 5.97 Å². The third kappa shape index (κ3) is 3.88. The van der Waals surface area contributed by atoms with Crippen molar-refractivity contribution in [1.29, 1.82) is 0 Å². The van der Waals surface area contributed by atoms with Crippen molar-refractivity contribution in [2.24, 2.45) is 0 Å². The predicted octanol–water partition coefficient (Wildman–Crippen LogP) is 3.14. The molecule has 0 saturated carbocycles. The molecule has 4 rings (SSSR count). The molecule has 0 bridgehead atoms. The van der Waals surface area contributed by atoms with E-state index in [2.05, 4.69) is 0 Å². The number of aromatic carboxylic acids is 1. The molecular weight excluding hydrogens is 416 g/mol. The van der Waals surface area contributed by atoms with E-state index < -0.39 is 35.6 Å². The number of benzene rings is 2. The normalized spacial score (nSPS) is 16.5. The van der Waals surface area contributed by atoms with Crippen molar-refractivity contribution in [2.45, 2.75) is 0 Å². The standard InChI is InChI=1S/C21H19F2N3O3.ClH/c1-24-6-8-25(9-7-24)19-11-18-15(10-17(19)23)20(27)16(21(28)29)12-26(18)14-4-2-13(22)3-5-14;/h2-5,10-12H,6-9H2,1H3,(H,28,29);1H/i1D3;. The lowest BCUT2D eigenvalue weighted by Gasteiger charge is -2.34. The fraction of sp³-hybridized carbons (Fsp3) is 0.238. The van der Waals surface area contributed by atoms with Crippen molar-refractivity contribution < 1.29 is 22.8 Å². The highest BCUT2D eigenvalue weighted by Gasteiger charge is 2.22. The Bertz CT molecular complexity index is 1260. The fourth-order valence-corrected chi connectivity index (χ4v) is 3.49. The zero-order chi connectivity index (χ0) is 23.2. The molecule has 9 heteroatoms. The number of pyridine rings is 1. The fourth-order valence-electron chi connectivity index (χ4n) is 3.49. The summed E-state index contributed by atoms with van der Waals surface area (Å²) < 4.78 is 52.4. The maximum Gasteiger partial charge on any atom is 0.341 e. The molecule has 0 aliphatic carbocycles. The topological polar surface area (TPSA) is 65.8 Å². The minimum atomic E-state index is -2.23. The molecule has 3 aromatic rings. The molecule has 1 aliphatic rings. The number of piperazine rings is 1.